The highest BCUT2D eigenvalue weighted by Crippen LogP contribution is 2.31. The van der Waals surface area contributed by atoms with E-state index >= 15 is 0 Å². The Balaban J connectivity index is 1.81. The van der Waals surface area contributed by atoms with Crippen LogP contribution in [-0.2, 0) is 0 Å². The molecule has 5 nitrogen and oxygen atoms in total. The maximum atomic E-state index is 13.6. The van der Waals surface area contributed by atoms with Crippen molar-refractivity contribution in [2.24, 2.45) is 0 Å². The van der Waals surface area contributed by atoms with Gasteiger partial charge in [-0.1, -0.05) is 41.0 Å². The standard InChI is InChI=1S/C16H11ClFN5/c17-12-6-4-10(5-7-12)14-9-15(11-2-1-3-13(18)8-11)23-16(19-14)20-21-22-23/h1-9,15H,(H,19,20,22)/t15-/m0/s1. The number of rotatable bonds is 2. The molecule has 3 aromatic rings. The fourth-order valence-electron chi connectivity index (χ4n) is 2.58. The number of anilines is 1. The fourth-order valence-corrected chi connectivity index (χ4v) is 2.71. The molecule has 0 bridgehead atoms. The van der Waals surface area contributed by atoms with Crippen LogP contribution in [0.25, 0.3) is 5.70 Å². The Hall–Kier alpha value is -2.73. The van der Waals surface area contributed by atoms with Gasteiger partial charge in [0.25, 0.3) is 0 Å². The third kappa shape index (κ3) is 2.57. The summed E-state index contributed by atoms with van der Waals surface area (Å²) in [5.41, 5.74) is 2.56. The lowest BCUT2D eigenvalue weighted by Gasteiger charge is -2.23. The lowest BCUT2D eigenvalue weighted by molar-refractivity contribution is 0.576. The summed E-state index contributed by atoms with van der Waals surface area (Å²) < 4.78 is 15.2. The maximum absolute atomic E-state index is 13.6. The number of hydrogen-bond acceptors (Lipinski definition) is 4. The van der Waals surface area contributed by atoms with E-state index in [1.807, 2.05) is 36.4 Å². The summed E-state index contributed by atoms with van der Waals surface area (Å²) in [5, 5.41) is 15.5. The SMILES string of the molecule is Fc1cccc([C@@H]2C=C(c3ccc(Cl)cc3)Nc3nnnn32)c1. The van der Waals surface area contributed by atoms with Gasteiger partial charge in [0.05, 0.1) is 0 Å². The summed E-state index contributed by atoms with van der Waals surface area (Å²) in [7, 11) is 0. The molecule has 0 fully saturated rings. The van der Waals surface area contributed by atoms with Crippen LogP contribution in [0, 0.1) is 5.82 Å². The van der Waals surface area contributed by atoms with Crippen molar-refractivity contribution >= 4 is 23.2 Å². The number of tetrazole rings is 1. The van der Waals surface area contributed by atoms with Crippen LogP contribution in [0.1, 0.15) is 17.2 Å². The van der Waals surface area contributed by atoms with Crippen molar-refractivity contribution in [2.45, 2.75) is 6.04 Å². The first-order valence-electron chi connectivity index (χ1n) is 6.99. The highest BCUT2D eigenvalue weighted by Gasteiger charge is 2.24. The molecule has 1 N–H and O–H groups in total. The summed E-state index contributed by atoms with van der Waals surface area (Å²) in [6.07, 6.45) is 1.96. The molecule has 1 atom stereocenters. The van der Waals surface area contributed by atoms with E-state index in [-0.39, 0.29) is 11.9 Å². The van der Waals surface area contributed by atoms with Gasteiger partial charge in [-0.25, -0.2) is 4.39 Å². The van der Waals surface area contributed by atoms with Crippen LogP contribution in [0.2, 0.25) is 5.02 Å². The Kier molecular flexibility index (Phi) is 3.31. The quantitative estimate of drug-likeness (QED) is 0.782. The van der Waals surface area contributed by atoms with Crippen LogP contribution in [0.15, 0.2) is 54.6 Å². The van der Waals surface area contributed by atoms with E-state index in [4.69, 9.17) is 11.6 Å². The van der Waals surface area contributed by atoms with Crippen molar-refractivity contribution in [3.05, 3.63) is 76.6 Å². The van der Waals surface area contributed by atoms with Gasteiger partial charge in [0.2, 0.25) is 5.95 Å². The zero-order valence-electron chi connectivity index (χ0n) is 11.8. The van der Waals surface area contributed by atoms with Gasteiger partial charge in [0.15, 0.2) is 0 Å². The maximum Gasteiger partial charge on any atom is 0.248 e. The van der Waals surface area contributed by atoms with E-state index in [2.05, 4.69) is 20.8 Å². The molecule has 114 valence electrons. The molecule has 23 heavy (non-hydrogen) atoms. The van der Waals surface area contributed by atoms with Gasteiger partial charge in [0.1, 0.15) is 11.9 Å². The first-order chi connectivity index (χ1) is 11.2. The first-order valence-corrected chi connectivity index (χ1v) is 7.36. The van der Waals surface area contributed by atoms with Crippen molar-refractivity contribution in [1.29, 1.82) is 0 Å². The molecule has 4 rings (SSSR count). The second-order valence-electron chi connectivity index (χ2n) is 5.16. The molecule has 0 radical (unpaired) electrons. The number of nitrogens with one attached hydrogen (secondary N) is 1. The summed E-state index contributed by atoms with van der Waals surface area (Å²) in [6.45, 7) is 0. The van der Waals surface area contributed by atoms with Gasteiger partial charge in [0, 0.05) is 10.7 Å². The Morgan fingerprint density at radius 3 is 2.74 bits per heavy atom. The summed E-state index contributed by atoms with van der Waals surface area (Å²) in [5.74, 6) is 0.212. The number of nitrogens with zero attached hydrogens (tertiary/aromatic N) is 4. The van der Waals surface area contributed by atoms with Crippen LogP contribution in [0.5, 0.6) is 0 Å². The second kappa shape index (κ2) is 5.48. The van der Waals surface area contributed by atoms with E-state index in [0.717, 1.165) is 16.8 Å². The Labute approximate surface area is 136 Å². The van der Waals surface area contributed by atoms with E-state index in [1.54, 1.807) is 10.7 Å². The minimum absolute atomic E-state index is 0.289. The molecular formula is C16H11ClFN5. The average molecular weight is 328 g/mol. The third-order valence-corrected chi connectivity index (χ3v) is 3.92. The molecule has 0 aliphatic carbocycles. The largest absolute Gasteiger partial charge is 0.323 e. The Morgan fingerprint density at radius 2 is 1.96 bits per heavy atom. The van der Waals surface area contributed by atoms with Crippen molar-refractivity contribution in [3.63, 3.8) is 0 Å². The normalized spacial score (nSPS) is 16.4. The average Bonchev–Trinajstić information content (AvgIpc) is 3.03. The molecule has 0 amide bonds. The van der Waals surface area contributed by atoms with Crippen molar-refractivity contribution in [2.75, 3.05) is 5.32 Å². The van der Waals surface area contributed by atoms with Crippen molar-refractivity contribution in [3.8, 4) is 0 Å². The van der Waals surface area contributed by atoms with Gasteiger partial charge in [-0.15, -0.1) is 0 Å². The molecule has 2 aromatic carbocycles. The van der Waals surface area contributed by atoms with Gasteiger partial charge in [-0.05, 0) is 51.9 Å². The summed E-state index contributed by atoms with van der Waals surface area (Å²) in [6, 6.07) is 13.6. The monoisotopic (exact) mass is 327 g/mol. The first kappa shape index (κ1) is 13.9. The molecule has 0 saturated carbocycles. The number of halogens is 2. The number of allylic oxidation sites excluding steroid dienone is 1. The molecule has 0 unspecified atom stereocenters. The van der Waals surface area contributed by atoms with E-state index < -0.39 is 0 Å². The zero-order valence-corrected chi connectivity index (χ0v) is 12.6. The molecule has 1 aromatic heterocycles. The molecule has 2 heterocycles. The number of hydrogen-bond donors (Lipinski definition) is 1. The van der Waals surface area contributed by atoms with E-state index in [0.29, 0.717) is 11.0 Å². The number of benzene rings is 2. The molecule has 0 saturated heterocycles. The fraction of sp³-hybridized carbons (Fsp3) is 0.0625. The summed E-state index contributed by atoms with van der Waals surface area (Å²) in [4.78, 5) is 0. The molecule has 0 spiro atoms. The molecule has 7 heteroatoms. The van der Waals surface area contributed by atoms with Crippen LogP contribution in [0.3, 0.4) is 0 Å². The highest BCUT2D eigenvalue weighted by atomic mass is 35.5. The zero-order chi connectivity index (χ0) is 15.8. The van der Waals surface area contributed by atoms with E-state index in [9.17, 15) is 4.39 Å². The summed E-state index contributed by atoms with van der Waals surface area (Å²) >= 11 is 5.94. The lowest BCUT2D eigenvalue weighted by Crippen LogP contribution is -2.20. The van der Waals surface area contributed by atoms with Gasteiger partial charge < -0.3 is 5.32 Å². The smallest absolute Gasteiger partial charge is 0.248 e. The predicted octanol–water partition coefficient (Wildman–Crippen LogP) is 3.52. The van der Waals surface area contributed by atoms with Crippen molar-refractivity contribution in [1.82, 2.24) is 20.2 Å². The molecule has 1 aliphatic rings. The van der Waals surface area contributed by atoms with Gasteiger partial charge in [-0.2, -0.15) is 4.68 Å². The van der Waals surface area contributed by atoms with Crippen LogP contribution < -0.4 is 5.32 Å². The Bertz CT molecular complexity index is 887. The highest BCUT2D eigenvalue weighted by molar-refractivity contribution is 6.30. The Morgan fingerprint density at radius 1 is 1.13 bits per heavy atom. The van der Waals surface area contributed by atoms with Crippen LogP contribution >= 0.6 is 11.6 Å². The third-order valence-electron chi connectivity index (χ3n) is 3.67. The second-order valence-corrected chi connectivity index (χ2v) is 5.60. The van der Waals surface area contributed by atoms with Gasteiger partial charge >= 0.3 is 0 Å². The number of aromatic nitrogens is 4. The number of fused-ring (bicyclic) bond motifs is 1. The van der Waals surface area contributed by atoms with E-state index in [1.165, 1.54) is 12.1 Å². The minimum Gasteiger partial charge on any atom is -0.323 e. The van der Waals surface area contributed by atoms with Crippen LogP contribution in [0.4, 0.5) is 10.3 Å². The molecule has 1 aliphatic heterocycles. The van der Waals surface area contributed by atoms with Gasteiger partial charge in [-0.3, -0.25) is 0 Å². The van der Waals surface area contributed by atoms with Crippen LogP contribution in [-0.4, -0.2) is 20.2 Å². The van der Waals surface area contributed by atoms with Crippen molar-refractivity contribution < 1.29 is 4.39 Å². The topological polar surface area (TPSA) is 55.6 Å². The lowest BCUT2D eigenvalue weighted by atomic mass is 10.0. The molecular weight excluding hydrogens is 317 g/mol. The predicted molar refractivity (Wildman–Crippen MR) is 85.4 cm³/mol. The minimum atomic E-state index is -0.294.